The van der Waals surface area contributed by atoms with E-state index in [1.54, 1.807) is 0 Å². The highest BCUT2D eigenvalue weighted by molar-refractivity contribution is 6.37. The molecule has 0 radical (unpaired) electrons. The Kier molecular flexibility index (Phi) is 2.41. The standard InChI is InChI=1S/C19H19ClO/c1-18(2)10-19(3,4)13-9-16-11(8-12(13)18)17-14(20)6-5-7-15(17)21-16/h5-9H,10H2,1-4H3. The van der Waals surface area contributed by atoms with Crippen LogP contribution in [0.1, 0.15) is 45.2 Å². The maximum absolute atomic E-state index is 6.40. The normalized spacial score (nSPS) is 19.3. The summed E-state index contributed by atoms with van der Waals surface area (Å²) in [6.45, 7) is 9.30. The van der Waals surface area contributed by atoms with Gasteiger partial charge in [0.2, 0.25) is 0 Å². The predicted molar refractivity (Wildman–Crippen MR) is 89.4 cm³/mol. The van der Waals surface area contributed by atoms with Crippen molar-refractivity contribution < 1.29 is 4.42 Å². The average Bonchev–Trinajstić information content (AvgIpc) is 2.82. The minimum absolute atomic E-state index is 0.190. The highest BCUT2D eigenvalue weighted by Gasteiger charge is 2.42. The monoisotopic (exact) mass is 298 g/mol. The lowest BCUT2D eigenvalue weighted by molar-refractivity contribution is 0.403. The quantitative estimate of drug-likeness (QED) is 0.481. The van der Waals surface area contributed by atoms with Crippen LogP contribution >= 0.6 is 11.6 Å². The zero-order valence-electron chi connectivity index (χ0n) is 12.9. The van der Waals surface area contributed by atoms with Crippen LogP contribution in [0.15, 0.2) is 34.7 Å². The number of rotatable bonds is 0. The molecule has 0 N–H and O–H groups in total. The Hall–Kier alpha value is -1.47. The average molecular weight is 299 g/mol. The number of benzene rings is 2. The topological polar surface area (TPSA) is 13.1 Å². The van der Waals surface area contributed by atoms with Crippen molar-refractivity contribution in [3.8, 4) is 0 Å². The number of hydrogen-bond acceptors (Lipinski definition) is 1. The van der Waals surface area contributed by atoms with Crippen molar-refractivity contribution in [3.63, 3.8) is 0 Å². The number of hydrogen-bond donors (Lipinski definition) is 0. The van der Waals surface area contributed by atoms with Crippen molar-refractivity contribution in [2.75, 3.05) is 0 Å². The summed E-state index contributed by atoms with van der Waals surface area (Å²) in [7, 11) is 0. The van der Waals surface area contributed by atoms with Crippen molar-refractivity contribution in [2.45, 2.75) is 44.9 Å². The first-order valence-corrected chi connectivity index (χ1v) is 7.83. The third kappa shape index (κ3) is 1.70. The molecule has 0 spiro atoms. The SMILES string of the molecule is CC1(C)CC(C)(C)c2cc3c(cc21)oc1cccc(Cl)c13. The highest BCUT2D eigenvalue weighted by atomic mass is 35.5. The fourth-order valence-electron chi connectivity index (χ4n) is 4.24. The van der Waals surface area contributed by atoms with E-state index < -0.39 is 0 Å². The number of halogens is 1. The van der Waals surface area contributed by atoms with Crippen molar-refractivity contribution in [3.05, 3.63) is 46.5 Å². The van der Waals surface area contributed by atoms with Crippen LogP contribution in [0.4, 0.5) is 0 Å². The maximum Gasteiger partial charge on any atom is 0.136 e. The smallest absolute Gasteiger partial charge is 0.136 e. The summed E-state index contributed by atoms with van der Waals surface area (Å²) in [6, 6.07) is 10.4. The largest absolute Gasteiger partial charge is 0.456 e. The molecule has 1 heterocycles. The molecule has 2 aromatic carbocycles. The van der Waals surface area contributed by atoms with Crippen LogP contribution < -0.4 is 0 Å². The van der Waals surface area contributed by atoms with Gasteiger partial charge in [0, 0.05) is 10.8 Å². The van der Waals surface area contributed by atoms with E-state index >= 15 is 0 Å². The lowest BCUT2D eigenvalue weighted by Gasteiger charge is -2.22. The minimum atomic E-state index is 0.190. The van der Waals surface area contributed by atoms with Crippen LogP contribution in [0, 0.1) is 0 Å². The molecule has 4 rings (SSSR count). The Bertz CT molecular complexity index is 883. The van der Waals surface area contributed by atoms with Gasteiger partial charge in [-0.25, -0.2) is 0 Å². The van der Waals surface area contributed by atoms with Crippen LogP contribution in [0.25, 0.3) is 21.9 Å². The summed E-state index contributed by atoms with van der Waals surface area (Å²) >= 11 is 6.40. The van der Waals surface area contributed by atoms with Crippen LogP contribution in [0.5, 0.6) is 0 Å². The first-order chi connectivity index (χ1) is 9.79. The molecule has 0 bridgehead atoms. The van der Waals surface area contributed by atoms with Gasteiger partial charge in [0.25, 0.3) is 0 Å². The van der Waals surface area contributed by atoms with E-state index in [9.17, 15) is 0 Å². The molecular weight excluding hydrogens is 280 g/mol. The van der Waals surface area contributed by atoms with E-state index in [1.165, 1.54) is 11.1 Å². The third-order valence-corrected chi connectivity index (χ3v) is 5.24. The molecule has 0 unspecified atom stereocenters. The van der Waals surface area contributed by atoms with Crippen molar-refractivity contribution in [2.24, 2.45) is 0 Å². The Balaban J connectivity index is 2.16. The van der Waals surface area contributed by atoms with Gasteiger partial charge in [-0.05, 0) is 52.6 Å². The van der Waals surface area contributed by atoms with Crippen LogP contribution in [-0.4, -0.2) is 0 Å². The number of fused-ring (bicyclic) bond motifs is 4. The van der Waals surface area contributed by atoms with E-state index in [0.717, 1.165) is 33.4 Å². The molecule has 108 valence electrons. The van der Waals surface area contributed by atoms with E-state index in [4.69, 9.17) is 16.0 Å². The van der Waals surface area contributed by atoms with E-state index in [2.05, 4.69) is 39.8 Å². The van der Waals surface area contributed by atoms with Gasteiger partial charge in [0.15, 0.2) is 0 Å². The van der Waals surface area contributed by atoms with E-state index in [0.29, 0.717) is 0 Å². The molecule has 0 saturated heterocycles. The Morgan fingerprint density at radius 2 is 1.62 bits per heavy atom. The second kappa shape index (κ2) is 3.84. The summed E-state index contributed by atoms with van der Waals surface area (Å²) < 4.78 is 6.04. The van der Waals surface area contributed by atoms with Gasteiger partial charge >= 0.3 is 0 Å². The third-order valence-electron chi connectivity index (χ3n) is 4.93. The van der Waals surface area contributed by atoms with Crippen molar-refractivity contribution in [1.29, 1.82) is 0 Å². The van der Waals surface area contributed by atoms with Crippen LogP contribution in [0.2, 0.25) is 5.02 Å². The van der Waals surface area contributed by atoms with E-state index in [-0.39, 0.29) is 10.8 Å². The van der Waals surface area contributed by atoms with Gasteiger partial charge in [0.05, 0.1) is 5.02 Å². The molecular formula is C19H19ClO. The Morgan fingerprint density at radius 1 is 0.952 bits per heavy atom. The molecule has 0 fully saturated rings. The molecule has 1 aliphatic rings. The highest BCUT2D eigenvalue weighted by Crippen LogP contribution is 2.51. The van der Waals surface area contributed by atoms with Crippen molar-refractivity contribution in [1.82, 2.24) is 0 Å². The van der Waals surface area contributed by atoms with Crippen molar-refractivity contribution >= 4 is 33.5 Å². The number of furan rings is 1. The minimum Gasteiger partial charge on any atom is -0.456 e. The lowest BCUT2D eigenvalue weighted by Crippen LogP contribution is -2.17. The zero-order valence-corrected chi connectivity index (χ0v) is 13.6. The summed E-state index contributed by atoms with van der Waals surface area (Å²) in [5.41, 5.74) is 5.05. The van der Waals surface area contributed by atoms with E-state index in [1.807, 2.05) is 18.2 Å². The van der Waals surface area contributed by atoms with Gasteiger partial charge in [-0.3, -0.25) is 0 Å². The second-order valence-electron chi connectivity index (χ2n) is 7.55. The zero-order chi connectivity index (χ0) is 15.0. The summed E-state index contributed by atoms with van der Waals surface area (Å²) in [6.07, 6.45) is 1.16. The Labute approximate surface area is 129 Å². The molecule has 0 aliphatic heterocycles. The molecule has 1 aliphatic carbocycles. The summed E-state index contributed by atoms with van der Waals surface area (Å²) in [5.74, 6) is 0. The van der Waals surface area contributed by atoms with Crippen LogP contribution in [0.3, 0.4) is 0 Å². The maximum atomic E-state index is 6.40. The van der Waals surface area contributed by atoms with Gasteiger partial charge in [-0.2, -0.15) is 0 Å². The van der Waals surface area contributed by atoms with Gasteiger partial charge in [0.1, 0.15) is 11.2 Å². The molecule has 2 heteroatoms. The lowest BCUT2D eigenvalue weighted by atomic mass is 9.82. The van der Waals surface area contributed by atoms with Gasteiger partial charge in [-0.1, -0.05) is 45.4 Å². The summed E-state index contributed by atoms with van der Waals surface area (Å²) in [4.78, 5) is 0. The van der Waals surface area contributed by atoms with Crippen LogP contribution in [-0.2, 0) is 10.8 Å². The fourth-order valence-corrected chi connectivity index (χ4v) is 4.51. The summed E-state index contributed by atoms with van der Waals surface area (Å²) in [5, 5.41) is 2.94. The van der Waals surface area contributed by atoms with Gasteiger partial charge < -0.3 is 4.42 Å². The molecule has 1 aromatic heterocycles. The molecule has 0 amide bonds. The first kappa shape index (κ1) is 13.2. The molecule has 0 atom stereocenters. The fraction of sp³-hybridized carbons (Fsp3) is 0.368. The predicted octanol–water partition coefficient (Wildman–Crippen LogP) is 6.20. The Morgan fingerprint density at radius 3 is 2.33 bits per heavy atom. The first-order valence-electron chi connectivity index (χ1n) is 7.45. The molecule has 3 aromatic rings. The molecule has 21 heavy (non-hydrogen) atoms. The second-order valence-corrected chi connectivity index (χ2v) is 7.96. The molecule has 1 nitrogen and oxygen atoms in total. The molecule has 0 saturated carbocycles. The van der Waals surface area contributed by atoms with Gasteiger partial charge in [-0.15, -0.1) is 0 Å².